The van der Waals surface area contributed by atoms with Crippen LogP contribution in [0.15, 0.2) is 72.8 Å². The fourth-order valence-corrected chi connectivity index (χ4v) is 4.52. The quantitative estimate of drug-likeness (QED) is 0.242. The lowest BCUT2D eigenvalue weighted by molar-refractivity contribution is 0.393. The lowest BCUT2D eigenvalue weighted by Crippen LogP contribution is -1.96. The van der Waals surface area contributed by atoms with Crippen molar-refractivity contribution in [2.45, 2.75) is 25.7 Å². The van der Waals surface area contributed by atoms with Gasteiger partial charge in [-0.1, -0.05) is 24.3 Å². The smallest absolute Gasteiger partial charge is 0.123 e. The van der Waals surface area contributed by atoms with Crippen LogP contribution < -0.4 is 18.9 Å². The maximum Gasteiger partial charge on any atom is 0.123 e. The number of phenolic OH excluding ortho intramolecular Hbond substituents is 2. The highest BCUT2D eigenvalue weighted by atomic mass is 16.5. The van der Waals surface area contributed by atoms with E-state index in [0.29, 0.717) is 11.1 Å². The van der Waals surface area contributed by atoms with Crippen molar-refractivity contribution in [2.75, 3.05) is 28.4 Å². The van der Waals surface area contributed by atoms with Crippen molar-refractivity contribution < 1.29 is 29.2 Å². The molecule has 0 aliphatic heterocycles. The number of aromatic hydroxyl groups is 2. The summed E-state index contributed by atoms with van der Waals surface area (Å²) >= 11 is 0. The van der Waals surface area contributed by atoms with Gasteiger partial charge in [0.2, 0.25) is 0 Å². The summed E-state index contributed by atoms with van der Waals surface area (Å²) in [6.45, 7) is 0. The summed E-state index contributed by atoms with van der Waals surface area (Å²) in [6, 6.07) is 22.8. The van der Waals surface area contributed by atoms with E-state index in [-0.39, 0.29) is 11.5 Å². The van der Waals surface area contributed by atoms with Gasteiger partial charge in [-0.25, -0.2) is 0 Å². The second kappa shape index (κ2) is 12.3. The van der Waals surface area contributed by atoms with Crippen molar-refractivity contribution in [3.8, 4) is 45.6 Å². The summed E-state index contributed by atoms with van der Waals surface area (Å²) in [6.07, 6.45) is 3.02. The maximum atomic E-state index is 10.8. The Labute approximate surface area is 224 Å². The Morgan fingerprint density at radius 2 is 0.737 bits per heavy atom. The van der Waals surface area contributed by atoms with E-state index in [1.807, 2.05) is 60.7 Å². The zero-order valence-electron chi connectivity index (χ0n) is 22.3. The number of aryl methyl sites for hydroxylation is 4. The molecule has 4 aromatic rings. The van der Waals surface area contributed by atoms with E-state index in [1.165, 1.54) is 0 Å². The standard InChI is InChI=1S/C32H34O6/c1-35-25-13-23(14-26(19-25)36-2)7-5-21-9-11-29(31(33)17-21)30-12-10-22(18-32(30)34)6-8-24-15-27(37-3)20-28(16-24)38-4/h9-20,33-34H,5-8H2,1-4H3. The van der Waals surface area contributed by atoms with Crippen molar-refractivity contribution in [3.63, 3.8) is 0 Å². The average molecular weight is 515 g/mol. The first-order valence-electron chi connectivity index (χ1n) is 12.5. The Morgan fingerprint density at radius 1 is 0.421 bits per heavy atom. The molecule has 198 valence electrons. The Bertz CT molecular complexity index is 1240. The molecule has 0 saturated carbocycles. The molecular weight excluding hydrogens is 480 g/mol. The third-order valence-corrected chi connectivity index (χ3v) is 6.64. The fraction of sp³-hybridized carbons (Fsp3) is 0.250. The van der Waals surface area contributed by atoms with E-state index in [4.69, 9.17) is 18.9 Å². The van der Waals surface area contributed by atoms with Gasteiger partial charge in [-0.2, -0.15) is 0 Å². The molecule has 0 amide bonds. The summed E-state index contributed by atoms with van der Waals surface area (Å²) in [4.78, 5) is 0. The molecule has 0 radical (unpaired) electrons. The number of benzene rings is 4. The van der Waals surface area contributed by atoms with Gasteiger partial charge >= 0.3 is 0 Å². The van der Waals surface area contributed by atoms with E-state index in [9.17, 15) is 10.2 Å². The van der Waals surface area contributed by atoms with Gasteiger partial charge < -0.3 is 29.2 Å². The zero-order valence-corrected chi connectivity index (χ0v) is 22.3. The van der Waals surface area contributed by atoms with Crippen LogP contribution >= 0.6 is 0 Å². The first-order valence-corrected chi connectivity index (χ1v) is 12.5. The second-order valence-electron chi connectivity index (χ2n) is 9.14. The molecule has 0 atom stereocenters. The van der Waals surface area contributed by atoms with Crippen molar-refractivity contribution in [1.29, 1.82) is 0 Å². The van der Waals surface area contributed by atoms with E-state index in [0.717, 1.165) is 70.9 Å². The van der Waals surface area contributed by atoms with Gasteiger partial charge in [0.15, 0.2) is 0 Å². The van der Waals surface area contributed by atoms with Crippen LogP contribution in [0.4, 0.5) is 0 Å². The molecule has 6 heteroatoms. The minimum Gasteiger partial charge on any atom is -0.507 e. The number of hydrogen-bond donors (Lipinski definition) is 2. The van der Waals surface area contributed by atoms with Crippen LogP contribution in [-0.2, 0) is 25.7 Å². The highest BCUT2D eigenvalue weighted by Crippen LogP contribution is 2.37. The average Bonchev–Trinajstić information content (AvgIpc) is 2.95. The van der Waals surface area contributed by atoms with E-state index >= 15 is 0 Å². The molecular formula is C32H34O6. The SMILES string of the molecule is COc1cc(CCc2ccc(-c3ccc(CCc4cc(OC)cc(OC)c4)cc3O)c(O)c2)cc(OC)c1. The second-order valence-corrected chi connectivity index (χ2v) is 9.14. The van der Waals surface area contributed by atoms with E-state index < -0.39 is 0 Å². The molecule has 0 aliphatic carbocycles. The maximum absolute atomic E-state index is 10.8. The third kappa shape index (κ3) is 6.51. The molecule has 0 heterocycles. The largest absolute Gasteiger partial charge is 0.507 e. The van der Waals surface area contributed by atoms with Crippen molar-refractivity contribution >= 4 is 0 Å². The number of ether oxygens (including phenoxy) is 4. The molecule has 4 aromatic carbocycles. The first kappa shape index (κ1) is 26.7. The highest BCUT2D eigenvalue weighted by molar-refractivity contribution is 5.76. The number of hydrogen-bond acceptors (Lipinski definition) is 6. The van der Waals surface area contributed by atoms with Gasteiger partial charge in [-0.15, -0.1) is 0 Å². The number of phenols is 2. The molecule has 0 saturated heterocycles. The number of methoxy groups -OCH3 is 4. The Balaban J connectivity index is 1.44. The fourth-order valence-electron chi connectivity index (χ4n) is 4.52. The molecule has 38 heavy (non-hydrogen) atoms. The van der Waals surface area contributed by atoms with Crippen LogP contribution in [0, 0.1) is 0 Å². The molecule has 0 fully saturated rings. The third-order valence-electron chi connectivity index (χ3n) is 6.64. The predicted octanol–water partition coefficient (Wildman–Crippen LogP) is 6.37. The Hall–Kier alpha value is -4.32. The van der Waals surface area contributed by atoms with Gasteiger partial charge in [0.25, 0.3) is 0 Å². The molecule has 0 aromatic heterocycles. The highest BCUT2D eigenvalue weighted by Gasteiger charge is 2.12. The molecule has 6 nitrogen and oxygen atoms in total. The lowest BCUT2D eigenvalue weighted by atomic mass is 9.96. The van der Waals surface area contributed by atoms with Gasteiger partial charge in [-0.05, 0) is 84.3 Å². The lowest BCUT2D eigenvalue weighted by Gasteiger charge is -2.12. The first-order chi connectivity index (χ1) is 18.4. The van der Waals surface area contributed by atoms with Crippen molar-refractivity contribution in [2.24, 2.45) is 0 Å². The van der Waals surface area contributed by atoms with Gasteiger partial charge in [-0.3, -0.25) is 0 Å². The van der Waals surface area contributed by atoms with Crippen LogP contribution in [0.1, 0.15) is 22.3 Å². The topological polar surface area (TPSA) is 77.4 Å². The van der Waals surface area contributed by atoms with Gasteiger partial charge in [0.1, 0.15) is 34.5 Å². The Kier molecular flexibility index (Phi) is 8.64. The molecule has 0 aliphatic rings. The van der Waals surface area contributed by atoms with Crippen LogP contribution in [-0.4, -0.2) is 38.7 Å². The molecule has 2 N–H and O–H groups in total. The summed E-state index contributed by atoms with van der Waals surface area (Å²) < 4.78 is 21.4. The minimum absolute atomic E-state index is 0.136. The van der Waals surface area contributed by atoms with Crippen LogP contribution in [0.2, 0.25) is 0 Å². The summed E-state index contributed by atoms with van der Waals surface area (Å²) in [7, 11) is 6.54. The molecule has 0 unspecified atom stereocenters. The normalized spacial score (nSPS) is 10.7. The van der Waals surface area contributed by atoms with Crippen LogP contribution in [0.3, 0.4) is 0 Å². The van der Waals surface area contributed by atoms with Gasteiger partial charge in [0.05, 0.1) is 28.4 Å². The summed E-state index contributed by atoms with van der Waals surface area (Å²) in [5, 5.41) is 21.6. The number of rotatable bonds is 11. The van der Waals surface area contributed by atoms with Crippen molar-refractivity contribution in [3.05, 3.63) is 95.1 Å². The van der Waals surface area contributed by atoms with Crippen LogP contribution in [0.25, 0.3) is 11.1 Å². The monoisotopic (exact) mass is 514 g/mol. The van der Waals surface area contributed by atoms with Gasteiger partial charge in [0, 0.05) is 23.3 Å². The molecule has 0 spiro atoms. The molecule has 0 bridgehead atoms. The molecule has 4 rings (SSSR count). The van der Waals surface area contributed by atoms with Crippen molar-refractivity contribution in [1.82, 2.24) is 0 Å². The predicted molar refractivity (Wildman–Crippen MR) is 149 cm³/mol. The zero-order chi connectivity index (χ0) is 27.1. The minimum atomic E-state index is 0.136. The summed E-state index contributed by atoms with van der Waals surface area (Å²) in [5.74, 6) is 3.27. The van der Waals surface area contributed by atoms with E-state index in [2.05, 4.69) is 0 Å². The van der Waals surface area contributed by atoms with E-state index in [1.54, 1.807) is 40.6 Å². The summed E-state index contributed by atoms with van der Waals surface area (Å²) in [5.41, 5.74) is 5.36. The van der Waals surface area contributed by atoms with Crippen LogP contribution in [0.5, 0.6) is 34.5 Å². The Morgan fingerprint density at radius 3 is 1.03 bits per heavy atom.